The average molecular weight is 252 g/mol. The fourth-order valence-electron chi connectivity index (χ4n) is 1.95. The molecule has 102 valence electrons. The lowest BCUT2D eigenvalue weighted by molar-refractivity contribution is 0.301. The molecule has 0 heterocycles. The summed E-state index contributed by atoms with van der Waals surface area (Å²) in [5.41, 5.74) is 7.44. The highest BCUT2D eigenvalue weighted by Gasteiger charge is 2.10. The van der Waals surface area contributed by atoms with Crippen molar-refractivity contribution in [2.45, 2.75) is 32.7 Å². The van der Waals surface area contributed by atoms with Crippen LogP contribution in [-0.2, 0) is 0 Å². The van der Waals surface area contributed by atoms with Crippen LogP contribution in [0.4, 0.5) is 5.69 Å². The van der Waals surface area contributed by atoms with Gasteiger partial charge in [-0.2, -0.15) is 0 Å². The Balaban J connectivity index is 2.88. The van der Waals surface area contributed by atoms with Gasteiger partial charge in [-0.25, -0.2) is 0 Å². The first-order valence-electron chi connectivity index (χ1n) is 6.54. The van der Waals surface area contributed by atoms with Gasteiger partial charge in [0.25, 0.3) is 0 Å². The summed E-state index contributed by atoms with van der Waals surface area (Å²) < 4.78 is 0. The predicted molar refractivity (Wildman–Crippen MR) is 74.9 cm³/mol. The number of benzene rings is 1. The fourth-order valence-corrected chi connectivity index (χ4v) is 1.95. The predicted octanol–water partition coefficient (Wildman–Crippen LogP) is 2.01. The Bertz CT molecular complexity index is 367. The van der Waals surface area contributed by atoms with Crippen molar-refractivity contribution in [3.8, 4) is 5.75 Å². The Morgan fingerprint density at radius 3 is 2.56 bits per heavy atom. The topological polar surface area (TPSA) is 69.7 Å². The van der Waals surface area contributed by atoms with E-state index in [9.17, 15) is 5.11 Å². The molecule has 18 heavy (non-hydrogen) atoms. The van der Waals surface area contributed by atoms with Crippen LogP contribution in [0.15, 0.2) is 18.2 Å². The first-order valence-corrected chi connectivity index (χ1v) is 6.54. The molecule has 0 amide bonds. The van der Waals surface area contributed by atoms with E-state index >= 15 is 0 Å². The Morgan fingerprint density at radius 2 is 2.06 bits per heavy atom. The van der Waals surface area contributed by atoms with Crippen molar-refractivity contribution in [2.24, 2.45) is 5.73 Å². The van der Waals surface area contributed by atoms with E-state index in [1.807, 2.05) is 19.1 Å². The molecule has 4 heteroatoms. The maximum absolute atomic E-state index is 9.94. The highest BCUT2D eigenvalue weighted by Crippen LogP contribution is 2.28. The smallest absolute Gasteiger partial charge is 0.122 e. The molecule has 4 N–H and O–H groups in total. The van der Waals surface area contributed by atoms with Gasteiger partial charge in [0.15, 0.2) is 0 Å². The number of nitrogens with zero attached hydrogens (tertiary/aromatic N) is 1. The largest absolute Gasteiger partial charge is 0.508 e. The first kappa shape index (κ1) is 14.8. The minimum absolute atomic E-state index is 0.111. The van der Waals surface area contributed by atoms with Gasteiger partial charge in [0.05, 0.1) is 6.61 Å². The molecule has 1 aromatic carbocycles. The zero-order chi connectivity index (χ0) is 13.5. The number of aliphatic hydroxyl groups excluding tert-OH is 1. The lowest BCUT2D eigenvalue weighted by Crippen LogP contribution is -2.27. The highest BCUT2D eigenvalue weighted by molar-refractivity contribution is 5.54. The molecule has 0 aliphatic heterocycles. The molecule has 1 aromatic rings. The lowest BCUT2D eigenvalue weighted by Gasteiger charge is -2.24. The third-order valence-corrected chi connectivity index (χ3v) is 3.02. The number of hydrogen-bond acceptors (Lipinski definition) is 4. The van der Waals surface area contributed by atoms with Crippen molar-refractivity contribution in [1.29, 1.82) is 0 Å². The average Bonchev–Trinajstić information content (AvgIpc) is 2.33. The number of nitrogens with two attached hydrogens (primary N) is 1. The number of unbranched alkanes of at least 4 members (excludes halogenated alkanes) is 1. The number of aromatic hydroxyl groups is 1. The Hall–Kier alpha value is -1.26. The molecule has 0 spiro atoms. The van der Waals surface area contributed by atoms with Crippen molar-refractivity contribution < 1.29 is 10.2 Å². The highest BCUT2D eigenvalue weighted by atomic mass is 16.3. The quantitative estimate of drug-likeness (QED) is 0.694. The number of phenolic OH excluding ortho intramolecular Hbond substituents is 1. The van der Waals surface area contributed by atoms with E-state index in [0.717, 1.165) is 30.6 Å². The fraction of sp³-hybridized carbons (Fsp3) is 0.571. The van der Waals surface area contributed by atoms with Crippen LogP contribution in [-0.4, -0.2) is 29.9 Å². The van der Waals surface area contributed by atoms with E-state index in [-0.39, 0.29) is 18.4 Å². The maximum atomic E-state index is 9.94. The molecule has 0 saturated carbocycles. The van der Waals surface area contributed by atoms with Crippen molar-refractivity contribution in [3.63, 3.8) is 0 Å². The molecule has 4 nitrogen and oxygen atoms in total. The van der Waals surface area contributed by atoms with Gasteiger partial charge in [0.2, 0.25) is 0 Å². The minimum atomic E-state index is -0.180. The second-order valence-electron chi connectivity index (χ2n) is 4.60. The Labute approximate surface area is 109 Å². The van der Waals surface area contributed by atoms with Gasteiger partial charge >= 0.3 is 0 Å². The van der Waals surface area contributed by atoms with E-state index in [2.05, 4.69) is 11.8 Å². The van der Waals surface area contributed by atoms with Crippen LogP contribution in [0, 0.1) is 0 Å². The molecule has 0 saturated heterocycles. The summed E-state index contributed by atoms with van der Waals surface area (Å²) in [4.78, 5) is 2.08. The van der Waals surface area contributed by atoms with Gasteiger partial charge in [-0.3, -0.25) is 0 Å². The molecule has 1 rings (SSSR count). The standard InChI is InChI=1S/C14H24N2O2/c1-3-4-7-16(8-9-17)12-5-6-13(11(2)15)14(18)10-12/h5-6,10-11,17-18H,3-4,7-9,15H2,1-2H3. The van der Waals surface area contributed by atoms with Gasteiger partial charge in [-0.1, -0.05) is 19.4 Å². The van der Waals surface area contributed by atoms with Crippen LogP contribution >= 0.6 is 0 Å². The van der Waals surface area contributed by atoms with Crippen LogP contribution in [0.1, 0.15) is 38.3 Å². The number of aliphatic hydroxyl groups is 1. The van der Waals surface area contributed by atoms with Gasteiger partial charge in [-0.05, 0) is 19.4 Å². The number of phenols is 1. The normalized spacial score (nSPS) is 12.4. The van der Waals surface area contributed by atoms with Crippen LogP contribution in [0.2, 0.25) is 0 Å². The van der Waals surface area contributed by atoms with Gasteiger partial charge in [0.1, 0.15) is 5.75 Å². The van der Waals surface area contributed by atoms with Crippen molar-refractivity contribution in [1.82, 2.24) is 0 Å². The van der Waals surface area contributed by atoms with E-state index < -0.39 is 0 Å². The van der Waals surface area contributed by atoms with E-state index in [1.165, 1.54) is 0 Å². The van der Waals surface area contributed by atoms with Gasteiger partial charge in [-0.15, -0.1) is 0 Å². The minimum Gasteiger partial charge on any atom is -0.508 e. The number of rotatable bonds is 7. The van der Waals surface area contributed by atoms with Gasteiger partial charge in [0, 0.05) is 36.4 Å². The van der Waals surface area contributed by atoms with Crippen LogP contribution in [0.25, 0.3) is 0 Å². The zero-order valence-electron chi connectivity index (χ0n) is 11.3. The summed E-state index contributed by atoms with van der Waals surface area (Å²) in [6.45, 7) is 5.55. The summed E-state index contributed by atoms with van der Waals surface area (Å²) in [6.07, 6.45) is 2.17. The Morgan fingerprint density at radius 1 is 1.33 bits per heavy atom. The maximum Gasteiger partial charge on any atom is 0.122 e. The molecule has 0 bridgehead atoms. The summed E-state index contributed by atoms with van der Waals surface area (Å²) in [6, 6.07) is 5.35. The van der Waals surface area contributed by atoms with E-state index in [1.54, 1.807) is 6.07 Å². The second-order valence-corrected chi connectivity index (χ2v) is 4.60. The Kier molecular flexibility index (Phi) is 5.95. The summed E-state index contributed by atoms with van der Waals surface area (Å²) >= 11 is 0. The lowest BCUT2D eigenvalue weighted by atomic mass is 10.1. The SMILES string of the molecule is CCCCN(CCO)c1ccc(C(C)N)c(O)c1. The van der Waals surface area contributed by atoms with Crippen molar-refractivity contribution in [3.05, 3.63) is 23.8 Å². The summed E-state index contributed by atoms with van der Waals surface area (Å²) in [7, 11) is 0. The molecule has 0 aliphatic carbocycles. The molecule has 0 aliphatic rings. The van der Waals surface area contributed by atoms with Crippen molar-refractivity contribution in [2.75, 3.05) is 24.6 Å². The second kappa shape index (κ2) is 7.24. The molecule has 0 fully saturated rings. The molecule has 0 aromatic heterocycles. The van der Waals surface area contributed by atoms with Crippen molar-refractivity contribution >= 4 is 5.69 Å². The molecule has 1 atom stereocenters. The van der Waals surface area contributed by atoms with Crippen LogP contribution in [0.3, 0.4) is 0 Å². The number of anilines is 1. The first-order chi connectivity index (χ1) is 8.60. The third kappa shape index (κ3) is 3.89. The third-order valence-electron chi connectivity index (χ3n) is 3.02. The van der Waals surface area contributed by atoms with E-state index in [0.29, 0.717) is 6.54 Å². The summed E-state index contributed by atoms with van der Waals surface area (Å²) in [5.74, 6) is 0.224. The molecular weight excluding hydrogens is 228 g/mol. The molecular formula is C14H24N2O2. The molecule has 1 unspecified atom stereocenters. The summed E-state index contributed by atoms with van der Waals surface area (Å²) in [5, 5.41) is 19.0. The monoisotopic (exact) mass is 252 g/mol. The van der Waals surface area contributed by atoms with Gasteiger partial charge < -0.3 is 20.8 Å². The van der Waals surface area contributed by atoms with Crippen LogP contribution < -0.4 is 10.6 Å². The molecule has 0 radical (unpaired) electrons. The number of hydrogen-bond donors (Lipinski definition) is 3. The van der Waals surface area contributed by atoms with E-state index in [4.69, 9.17) is 10.8 Å². The zero-order valence-corrected chi connectivity index (χ0v) is 11.3. The van der Waals surface area contributed by atoms with Crippen LogP contribution in [0.5, 0.6) is 5.75 Å².